The van der Waals surface area contributed by atoms with Crippen LogP contribution in [0.2, 0.25) is 0 Å². The van der Waals surface area contributed by atoms with E-state index < -0.39 is 0 Å². The van der Waals surface area contributed by atoms with Gasteiger partial charge < -0.3 is 19.8 Å². The van der Waals surface area contributed by atoms with Crippen molar-refractivity contribution in [2.45, 2.75) is 20.0 Å². The van der Waals surface area contributed by atoms with E-state index >= 15 is 0 Å². The maximum atomic E-state index is 4.73. The number of nitrogens with one attached hydrogen (secondary N) is 2. The van der Waals surface area contributed by atoms with Crippen LogP contribution in [0.5, 0.6) is 0 Å². The second-order valence-corrected chi connectivity index (χ2v) is 6.32. The minimum atomic E-state index is 0.654. The van der Waals surface area contributed by atoms with E-state index in [1.807, 2.05) is 49.3 Å². The van der Waals surface area contributed by atoms with Gasteiger partial charge in [-0.3, -0.25) is 0 Å². The lowest BCUT2D eigenvalue weighted by Crippen LogP contribution is -2.38. The molecule has 0 radical (unpaired) electrons. The Labute approximate surface area is 154 Å². The molecule has 1 aromatic carbocycles. The number of rotatable bonds is 6. The highest BCUT2D eigenvalue weighted by Gasteiger charge is 2.10. The lowest BCUT2D eigenvalue weighted by Gasteiger charge is -2.21. The van der Waals surface area contributed by atoms with Crippen LogP contribution in [0.15, 0.2) is 60.0 Å². The number of aromatic nitrogens is 3. The summed E-state index contributed by atoms with van der Waals surface area (Å²) in [7, 11) is 4.04. The fourth-order valence-electron chi connectivity index (χ4n) is 2.80. The van der Waals surface area contributed by atoms with Crippen LogP contribution >= 0.6 is 0 Å². The van der Waals surface area contributed by atoms with Crippen molar-refractivity contribution >= 4 is 5.96 Å². The second kappa shape index (κ2) is 8.38. The number of aromatic amines is 1. The number of nitrogens with zero attached hydrogens (tertiary/aromatic N) is 4. The topological polar surface area (TPSA) is 61.2 Å². The quantitative estimate of drug-likeness (QED) is 0.531. The molecule has 0 spiro atoms. The van der Waals surface area contributed by atoms with Crippen LogP contribution < -0.4 is 5.32 Å². The van der Waals surface area contributed by atoms with Gasteiger partial charge in [-0.2, -0.15) is 0 Å². The fraction of sp³-hybridized carbons (Fsp3) is 0.300. The molecule has 3 aromatic rings. The Balaban J connectivity index is 1.68. The molecule has 6 heteroatoms. The van der Waals surface area contributed by atoms with Gasteiger partial charge in [-0.05, 0) is 24.1 Å². The number of guanidine groups is 1. The van der Waals surface area contributed by atoms with Crippen molar-refractivity contribution in [2.24, 2.45) is 12.0 Å². The summed E-state index contributed by atoms with van der Waals surface area (Å²) in [6.45, 7) is 4.21. The molecule has 3 rings (SSSR count). The zero-order chi connectivity index (χ0) is 18.4. The predicted octanol–water partition coefficient (Wildman–Crippen LogP) is 3.01. The summed E-state index contributed by atoms with van der Waals surface area (Å²) in [6, 6.07) is 12.3. The number of hydrogen-bond acceptors (Lipinski definition) is 2. The number of aliphatic imine (C=N–C) groups is 1. The third-order valence-corrected chi connectivity index (χ3v) is 4.10. The summed E-state index contributed by atoms with van der Waals surface area (Å²) in [4.78, 5) is 14.7. The van der Waals surface area contributed by atoms with Crippen LogP contribution in [0, 0.1) is 0 Å². The summed E-state index contributed by atoms with van der Waals surface area (Å²) >= 11 is 0. The van der Waals surface area contributed by atoms with Gasteiger partial charge in [0.2, 0.25) is 0 Å². The third kappa shape index (κ3) is 4.53. The van der Waals surface area contributed by atoms with Crippen molar-refractivity contribution in [3.05, 3.63) is 66.4 Å². The minimum Gasteiger partial charge on any atom is -0.357 e. The first-order chi connectivity index (χ1) is 12.7. The van der Waals surface area contributed by atoms with Gasteiger partial charge in [0.05, 0.1) is 25.0 Å². The largest absolute Gasteiger partial charge is 0.357 e. The van der Waals surface area contributed by atoms with E-state index in [4.69, 9.17) is 4.99 Å². The summed E-state index contributed by atoms with van der Waals surface area (Å²) in [5, 5.41) is 3.35. The van der Waals surface area contributed by atoms with Crippen LogP contribution in [0.1, 0.15) is 18.3 Å². The second-order valence-electron chi connectivity index (χ2n) is 6.32. The monoisotopic (exact) mass is 350 g/mol. The van der Waals surface area contributed by atoms with Gasteiger partial charge in [-0.15, -0.1) is 0 Å². The maximum absolute atomic E-state index is 4.73. The van der Waals surface area contributed by atoms with Gasteiger partial charge >= 0.3 is 0 Å². The Morgan fingerprint density at radius 3 is 2.77 bits per heavy atom. The molecule has 0 fully saturated rings. The molecule has 0 aliphatic carbocycles. The van der Waals surface area contributed by atoms with E-state index in [2.05, 4.69) is 51.5 Å². The molecule has 2 heterocycles. The molecule has 0 aliphatic rings. The Bertz CT molecular complexity index is 846. The van der Waals surface area contributed by atoms with Crippen molar-refractivity contribution in [3.8, 4) is 11.3 Å². The van der Waals surface area contributed by atoms with E-state index in [1.54, 1.807) is 0 Å². The summed E-state index contributed by atoms with van der Waals surface area (Å²) in [5.41, 5.74) is 3.36. The van der Waals surface area contributed by atoms with E-state index in [0.29, 0.717) is 13.1 Å². The molecular formula is C20H26N6. The lowest BCUT2D eigenvalue weighted by atomic mass is 10.2. The highest BCUT2D eigenvalue weighted by Crippen LogP contribution is 2.16. The first kappa shape index (κ1) is 17.8. The smallest absolute Gasteiger partial charge is 0.194 e. The zero-order valence-electron chi connectivity index (χ0n) is 15.6. The van der Waals surface area contributed by atoms with Crippen molar-refractivity contribution < 1.29 is 0 Å². The van der Waals surface area contributed by atoms with Gasteiger partial charge in [-0.25, -0.2) is 9.98 Å². The molecule has 2 N–H and O–H groups in total. The van der Waals surface area contributed by atoms with Gasteiger partial charge in [0.15, 0.2) is 5.96 Å². The van der Waals surface area contributed by atoms with E-state index in [0.717, 1.165) is 29.6 Å². The molecule has 6 nitrogen and oxygen atoms in total. The highest BCUT2D eigenvalue weighted by atomic mass is 15.3. The molecule has 0 atom stereocenters. The summed E-state index contributed by atoms with van der Waals surface area (Å²) in [6.07, 6.45) is 6.01. The van der Waals surface area contributed by atoms with Crippen LogP contribution in [-0.4, -0.2) is 39.0 Å². The van der Waals surface area contributed by atoms with Gasteiger partial charge in [-0.1, -0.05) is 30.3 Å². The molecule has 0 aliphatic heterocycles. The Morgan fingerprint density at radius 1 is 1.27 bits per heavy atom. The summed E-state index contributed by atoms with van der Waals surface area (Å²) in [5.74, 6) is 1.78. The Hall–Kier alpha value is -3.02. The Kier molecular flexibility index (Phi) is 5.73. The average molecular weight is 350 g/mol. The number of benzene rings is 1. The molecular weight excluding hydrogens is 324 g/mol. The molecule has 0 bridgehead atoms. The van der Waals surface area contributed by atoms with Crippen molar-refractivity contribution in [1.29, 1.82) is 0 Å². The number of aryl methyl sites for hydroxylation is 1. The standard InChI is InChI=1S/C20H26N6/c1-4-21-20(23-12-16-10-11-25(2)14-16)26(3)15-19-22-13-18(24-19)17-8-6-5-7-9-17/h5-11,13-14H,4,12,15H2,1-3H3,(H,21,23)(H,22,24). The molecule has 0 amide bonds. The molecule has 2 aromatic heterocycles. The van der Waals surface area contributed by atoms with Crippen molar-refractivity contribution in [1.82, 2.24) is 24.8 Å². The molecule has 0 saturated carbocycles. The van der Waals surface area contributed by atoms with E-state index in [1.165, 1.54) is 5.56 Å². The van der Waals surface area contributed by atoms with Gasteiger partial charge in [0.1, 0.15) is 5.82 Å². The van der Waals surface area contributed by atoms with Crippen molar-refractivity contribution in [3.63, 3.8) is 0 Å². The van der Waals surface area contributed by atoms with Crippen LogP contribution in [-0.2, 0) is 20.1 Å². The van der Waals surface area contributed by atoms with E-state index in [-0.39, 0.29) is 0 Å². The van der Waals surface area contributed by atoms with Crippen LogP contribution in [0.3, 0.4) is 0 Å². The highest BCUT2D eigenvalue weighted by molar-refractivity contribution is 5.79. The van der Waals surface area contributed by atoms with Gasteiger partial charge in [0, 0.05) is 33.0 Å². The number of hydrogen-bond donors (Lipinski definition) is 2. The zero-order valence-corrected chi connectivity index (χ0v) is 15.6. The third-order valence-electron chi connectivity index (χ3n) is 4.10. The maximum Gasteiger partial charge on any atom is 0.194 e. The van der Waals surface area contributed by atoms with Gasteiger partial charge in [0.25, 0.3) is 0 Å². The molecule has 136 valence electrons. The number of imidazole rings is 1. The van der Waals surface area contributed by atoms with Crippen LogP contribution in [0.25, 0.3) is 11.3 Å². The SMILES string of the molecule is CCNC(=NCc1ccn(C)c1)N(C)Cc1ncc(-c2ccccc2)[nH]1. The van der Waals surface area contributed by atoms with Crippen molar-refractivity contribution in [2.75, 3.05) is 13.6 Å². The van der Waals surface area contributed by atoms with E-state index in [9.17, 15) is 0 Å². The first-order valence-electron chi connectivity index (χ1n) is 8.85. The number of H-pyrrole nitrogens is 1. The average Bonchev–Trinajstić information content (AvgIpc) is 3.28. The molecule has 0 unspecified atom stereocenters. The minimum absolute atomic E-state index is 0.654. The normalized spacial score (nSPS) is 11.6. The lowest BCUT2D eigenvalue weighted by molar-refractivity contribution is 0.464. The Morgan fingerprint density at radius 2 is 2.08 bits per heavy atom. The summed E-state index contributed by atoms with van der Waals surface area (Å²) < 4.78 is 2.04. The predicted molar refractivity (Wildman–Crippen MR) is 106 cm³/mol. The molecule has 26 heavy (non-hydrogen) atoms. The molecule has 0 saturated heterocycles. The van der Waals surface area contributed by atoms with Crippen LogP contribution in [0.4, 0.5) is 0 Å². The fourth-order valence-corrected chi connectivity index (χ4v) is 2.80. The first-order valence-corrected chi connectivity index (χ1v) is 8.85.